The van der Waals surface area contributed by atoms with E-state index >= 15 is 0 Å². The molecule has 0 saturated carbocycles. The molecule has 0 spiro atoms. The molecule has 2 aromatic carbocycles. The highest BCUT2D eigenvalue weighted by molar-refractivity contribution is 5.83. The molecule has 3 aromatic rings. The van der Waals surface area contributed by atoms with E-state index in [0.29, 0.717) is 0 Å². The van der Waals surface area contributed by atoms with Crippen molar-refractivity contribution in [3.05, 3.63) is 54.1 Å². The van der Waals surface area contributed by atoms with E-state index in [1.807, 2.05) is 43.3 Å². The van der Waals surface area contributed by atoms with E-state index in [4.69, 9.17) is 4.42 Å². The molecule has 1 aromatic heterocycles. The number of phenols is 1. The second-order valence-electron chi connectivity index (χ2n) is 4.15. The van der Waals surface area contributed by atoms with E-state index in [1.165, 1.54) is 0 Å². The van der Waals surface area contributed by atoms with Crippen molar-refractivity contribution in [1.29, 1.82) is 0 Å². The molecule has 0 aliphatic heterocycles. The molecular weight excluding hydrogens is 212 g/mol. The highest BCUT2D eigenvalue weighted by Crippen LogP contribution is 2.31. The third-order valence-electron chi connectivity index (χ3n) is 2.90. The van der Waals surface area contributed by atoms with E-state index in [0.717, 1.165) is 27.9 Å². The van der Waals surface area contributed by atoms with Gasteiger partial charge in [0.15, 0.2) is 0 Å². The van der Waals surface area contributed by atoms with Gasteiger partial charge < -0.3 is 9.52 Å². The van der Waals surface area contributed by atoms with Crippen molar-refractivity contribution in [1.82, 2.24) is 0 Å². The molecule has 0 atom stereocenters. The average molecular weight is 224 g/mol. The minimum atomic E-state index is 0.280. The van der Waals surface area contributed by atoms with E-state index in [2.05, 4.69) is 0 Å². The lowest BCUT2D eigenvalue weighted by Crippen LogP contribution is -1.79. The number of fused-ring (bicyclic) bond motifs is 1. The molecule has 2 heteroatoms. The zero-order valence-electron chi connectivity index (χ0n) is 9.47. The molecule has 84 valence electrons. The molecule has 0 bridgehead atoms. The number of para-hydroxylation sites is 1. The van der Waals surface area contributed by atoms with Gasteiger partial charge in [0.2, 0.25) is 0 Å². The summed E-state index contributed by atoms with van der Waals surface area (Å²) in [6.45, 7) is 1.96. The van der Waals surface area contributed by atoms with Gasteiger partial charge in [-0.15, -0.1) is 0 Å². The normalized spacial score (nSPS) is 10.9. The summed E-state index contributed by atoms with van der Waals surface area (Å²) >= 11 is 0. The first-order chi connectivity index (χ1) is 8.24. The summed E-state index contributed by atoms with van der Waals surface area (Å²) in [5, 5.41) is 10.5. The van der Waals surface area contributed by atoms with Crippen molar-refractivity contribution in [2.75, 3.05) is 0 Å². The van der Waals surface area contributed by atoms with Crippen LogP contribution in [0.2, 0.25) is 0 Å². The Morgan fingerprint density at radius 1 is 1.00 bits per heavy atom. The van der Waals surface area contributed by atoms with Gasteiger partial charge in [0.05, 0.1) is 0 Å². The van der Waals surface area contributed by atoms with Crippen LogP contribution in [0, 0.1) is 6.92 Å². The maximum Gasteiger partial charge on any atom is 0.135 e. The highest BCUT2D eigenvalue weighted by atomic mass is 16.3. The Kier molecular flexibility index (Phi) is 2.15. The van der Waals surface area contributed by atoms with Gasteiger partial charge in [-0.05, 0) is 42.8 Å². The Morgan fingerprint density at radius 3 is 2.59 bits per heavy atom. The Labute approximate surface area is 99.1 Å². The molecule has 0 aliphatic carbocycles. The number of hydrogen-bond donors (Lipinski definition) is 1. The molecule has 1 heterocycles. The van der Waals surface area contributed by atoms with E-state index < -0.39 is 0 Å². The minimum Gasteiger partial charge on any atom is -0.508 e. The van der Waals surface area contributed by atoms with Gasteiger partial charge in [0, 0.05) is 10.9 Å². The zero-order valence-corrected chi connectivity index (χ0v) is 9.47. The molecule has 2 nitrogen and oxygen atoms in total. The molecule has 0 fully saturated rings. The molecule has 3 rings (SSSR count). The quantitative estimate of drug-likeness (QED) is 0.674. The number of benzene rings is 2. The second-order valence-corrected chi connectivity index (χ2v) is 4.15. The predicted octanol–water partition coefficient (Wildman–Crippen LogP) is 4.11. The zero-order chi connectivity index (χ0) is 11.8. The first-order valence-electron chi connectivity index (χ1n) is 5.52. The van der Waals surface area contributed by atoms with E-state index in [1.54, 1.807) is 12.1 Å². The van der Waals surface area contributed by atoms with Gasteiger partial charge in [-0.3, -0.25) is 0 Å². The molecule has 17 heavy (non-hydrogen) atoms. The number of aryl methyl sites for hydroxylation is 1. The first-order valence-corrected chi connectivity index (χ1v) is 5.52. The predicted molar refractivity (Wildman–Crippen MR) is 68.1 cm³/mol. The van der Waals surface area contributed by atoms with Gasteiger partial charge in [-0.2, -0.15) is 0 Å². The maximum atomic E-state index is 9.39. The second kappa shape index (κ2) is 3.67. The number of furan rings is 1. The number of aromatic hydroxyl groups is 1. The number of phenolic OH excluding ortho intramolecular Hbond substituents is 1. The lowest BCUT2D eigenvalue weighted by Gasteiger charge is -2.02. The summed E-state index contributed by atoms with van der Waals surface area (Å²) in [5.74, 6) is 1.12. The minimum absolute atomic E-state index is 0.280. The fraction of sp³-hybridized carbons (Fsp3) is 0.0667. The first kappa shape index (κ1) is 9.97. The van der Waals surface area contributed by atoms with Crippen LogP contribution in [0.3, 0.4) is 0 Å². The Hall–Kier alpha value is -2.22. The highest BCUT2D eigenvalue weighted by Gasteiger charge is 2.08. The van der Waals surface area contributed by atoms with Crippen LogP contribution >= 0.6 is 0 Å². The van der Waals surface area contributed by atoms with Crippen molar-refractivity contribution in [2.24, 2.45) is 0 Å². The standard InChI is InChI=1S/C15H12O2/c1-10-8-12(16)6-7-13(10)15-9-11-4-2-3-5-14(11)17-15/h2-9,16H,1H3. The molecule has 0 saturated heterocycles. The van der Waals surface area contributed by atoms with Crippen molar-refractivity contribution >= 4 is 11.0 Å². The number of hydrogen-bond acceptors (Lipinski definition) is 2. The van der Waals surface area contributed by atoms with Crippen molar-refractivity contribution in [2.45, 2.75) is 6.92 Å². The lowest BCUT2D eigenvalue weighted by atomic mass is 10.1. The fourth-order valence-electron chi connectivity index (χ4n) is 2.04. The van der Waals surface area contributed by atoms with Gasteiger partial charge in [0.25, 0.3) is 0 Å². The van der Waals surface area contributed by atoms with Crippen LogP contribution in [0.25, 0.3) is 22.3 Å². The molecule has 1 N–H and O–H groups in total. The van der Waals surface area contributed by atoms with Crippen LogP contribution in [0.15, 0.2) is 52.9 Å². The average Bonchev–Trinajstić information content (AvgIpc) is 2.72. The van der Waals surface area contributed by atoms with Gasteiger partial charge in [-0.25, -0.2) is 0 Å². The maximum absolute atomic E-state index is 9.39. The monoisotopic (exact) mass is 224 g/mol. The lowest BCUT2D eigenvalue weighted by molar-refractivity contribution is 0.475. The topological polar surface area (TPSA) is 33.4 Å². The Balaban J connectivity index is 2.20. The Bertz CT molecular complexity index is 647. The smallest absolute Gasteiger partial charge is 0.135 e. The van der Waals surface area contributed by atoms with E-state index in [9.17, 15) is 5.11 Å². The molecular formula is C15H12O2. The summed E-state index contributed by atoms with van der Waals surface area (Å²) in [5.41, 5.74) is 2.90. The van der Waals surface area contributed by atoms with Crippen molar-refractivity contribution in [3.63, 3.8) is 0 Å². The van der Waals surface area contributed by atoms with Crippen molar-refractivity contribution in [3.8, 4) is 17.1 Å². The summed E-state index contributed by atoms with van der Waals surface area (Å²) in [6, 6.07) is 15.2. The van der Waals surface area contributed by atoms with Crippen LogP contribution in [0.5, 0.6) is 5.75 Å². The van der Waals surface area contributed by atoms with Crippen molar-refractivity contribution < 1.29 is 9.52 Å². The fourth-order valence-corrected chi connectivity index (χ4v) is 2.04. The summed E-state index contributed by atoms with van der Waals surface area (Å²) in [7, 11) is 0. The molecule has 0 unspecified atom stereocenters. The van der Waals surface area contributed by atoms with Gasteiger partial charge in [0.1, 0.15) is 17.1 Å². The van der Waals surface area contributed by atoms with Crippen LogP contribution in [0.4, 0.5) is 0 Å². The van der Waals surface area contributed by atoms with Crippen LogP contribution < -0.4 is 0 Å². The third-order valence-corrected chi connectivity index (χ3v) is 2.90. The van der Waals surface area contributed by atoms with E-state index in [-0.39, 0.29) is 5.75 Å². The van der Waals surface area contributed by atoms with Crippen LogP contribution in [0.1, 0.15) is 5.56 Å². The van der Waals surface area contributed by atoms with Gasteiger partial charge in [-0.1, -0.05) is 18.2 Å². The molecule has 0 amide bonds. The largest absolute Gasteiger partial charge is 0.508 e. The van der Waals surface area contributed by atoms with Crippen LogP contribution in [-0.4, -0.2) is 5.11 Å². The molecule has 0 aliphatic rings. The summed E-state index contributed by atoms with van der Waals surface area (Å²) < 4.78 is 5.79. The van der Waals surface area contributed by atoms with Gasteiger partial charge >= 0.3 is 0 Å². The molecule has 0 radical (unpaired) electrons. The summed E-state index contributed by atoms with van der Waals surface area (Å²) in [4.78, 5) is 0. The number of rotatable bonds is 1. The SMILES string of the molecule is Cc1cc(O)ccc1-c1cc2ccccc2o1. The Morgan fingerprint density at radius 2 is 1.82 bits per heavy atom. The summed E-state index contributed by atoms with van der Waals surface area (Å²) in [6.07, 6.45) is 0. The van der Waals surface area contributed by atoms with Crippen LogP contribution in [-0.2, 0) is 0 Å². The third kappa shape index (κ3) is 1.68.